The third-order valence-corrected chi connectivity index (χ3v) is 3.20. The normalized spacial score (nSPS) is 13.2. The zero-order chi connectivity index (χ0) is 17.6. The van der Waals surface area contributed by atoms with Gasteiger partial charge in [0.05, 0.1) is 4.92 Å². The van der Waals surface area contributed by atoms with Crippen molar-refractivity contribution in [3.63, 3.8) is 0 Å². The van der Waals surface area contributed by atoms with Crippen molar-refractivity contribution in [2.45, 2.75) is 32.7 Å². The van der Waals surface area contributed by atoms with Crippen molar-refractivity contribution in [2.75, 3.05) is 6.61 Å². The molecule has 8 heteroatoms. The summed E-state index contributed by atoms with van der Waals surface area (Å²) >= 11 is 0. The van der Waals surface area contributed by atoms with Crippen LogP contribution in [0.1, 0.15) is 27.2 Å². The summed E-state index contributed by atoms with van der Waals surface area (Å²) in [6.07, 6.45) is 0.375. The van der Waals surface area contributed by atoms with Gasteiger partial charge in [-0.2, -0.15) is 0 Å². The lowest BCUT2D eigenvalue weighted by atomic mass is 9.90. The zero-order valence-corrected chi connectivity index (χ0v) is 13.4. The van der Waals surface area contributed by atoms with Gasteiger partial charge in [-0.1, -0.05) is 26.0 Å². The molecule has 0 aliphatic carbocycles. The van der Waals surface area contributed by atoms with Crippen LogP contribution in [0.15, 0.2) is 24.3 Å². The number of amides is 2. The Labute approximate surface area is 134 Å². The molecule has 0 aromatic heterocycles. The van der Waals surface area contributed by atoms with Gasteiger partial charge in [-0.15, -0.1) is 0 Å². The average molecular weight is 323 g/mol. The summed E-state index contributed by atoms with van der Waals surface area (Å²) in [5.41, 5.74) is 3.92. The molecule has 0 heterocycles. The first kappa shape index (κ1) is 18.4. The Kier molecular flexibility index (Phi) is 6.06. The summed E-state index contributed by atoms with van der Waals surface area (Å²) in [5, 5.41) is 13.4. The Morgan fingerprint density at radius 2 is 2.00 bits per heavy atom. The number of benzene rings is 1. The molecule has 1 rings (SSSR count). The standard InChI is InChI=1S/C15H21N3O5/c1-10(2)8-15(3,14(16)20)17-13(19)9-23-12-7-5-4-6-11(12)18(21)22/h4-7,10H,8-9H2,1-3H3,(H2,16,20)(H,17,19)/t15-/m0/s1. The predicted molar refractivity (Wildman–Crippen MR) is 83.8 cm³/mol. The SMILES string of the molecule is CC(C)C[C@](C)(NC(=O)COc1ccccc1[N+](=O)[O-])C(N)=O. The van der Waals surface area contributed by atoms with E-state index in [9.17, 15) is 19.7 Å². The fourth-order valence-electron chi connectivity index (χ4n) is 2.25. The molecule has 3 N–H and O–H groups in total. The van der Waals surface area contributed by atoms with Crippen LogP contribution in [0.5, 0.6) is 5.75 Å². The number of para-hydroxylation sites is 2. The first-order chi connectivity index (χ1) is 10.7. The van der Waals surface area contributed by atoms with Crippen molar-refractivity contribution < 1.29 is 19.2 Å². The summed E-state index contributed by atoms with van der Waals surface area (Å²) in [6.45, 7) is 4.89. The minimum atomic E-state index is -1.20. The van der Waals surface area contributed by atoms with Crippen LogP contribution in [0.25, 0.3) is 0 Å². The highest BCUT2D eigenvalue weighted by molar-refractivity contribution is 5.90. The molecule has 0 fully saturated rings. The molecule has 0 unspecified atom stereocenters. The first-order valence-electron chi connectivity index (χ1n) is 7.13. The Morgan fingerprint density at radius 3 is 2.52 bits per heavy atom. The van der Waals surface area contributed by atoms with Gasteiger partial charge in [0.1, 0.15) is 5.54 Å². The maximum absolute atomic E-state index is 12.0. The van der Waals surface area contributed by atoms with Gasteiger partial charge in [0.25, 0.3) is 5.91 Å². The second kappa shape index (κ2) is 7.57. The molecule has 0 saturated heterocycles. The molecule has 0 aliphatic rings. The number of ether oxygens (including phenoxy) is 1. The van der Waals surface area contributed by atoms with Crippen molar-refractivity contribution in [3.8, 4) is 5.75 Å². The number of carbonyl (C=O) groups is 2. The maximum atomic E-state index is 12.0. The van der Waals surface area contributed by atoms with E-state index < -0.39 is 28.9 Å². The van der Waals surface area contributed by atoms with Crippen molar-refractivity contribution in [1.82, 2.24) is 5.32 Å². The van der Waals surface area contributed by atoms with Crippen molar-refractivity contribution >= 4 is 17.5 Å². The van der Waals surface area contributed by atoms with E-state index in [0.717, 1.165) is 0 Å². The summed E-state index contributed by atoms with van der Waals surface area (Å²) in [5.74, 6) is -1.10. The van der Waals surface area contributed by atoms with E-state index in [-0.39, 0.29) is 17.4 Å². The summed E-state index contributed by atoms with van der Waals surface area (Å²) < 4.78 is 5.19. The molecule has 1 atom stereocenters. The van der Waals surface area contributed by atoms with E-state index in [1.165, 1.54) is 25.1 Å². The van der Waals surface area contributed by atoms with Crippen molar-refractivity contribution in [3.05, 3.63) is 34.4 Å². The van der Waals surface area contributed by atoms with Crippen LogP contribution in [0.2, 0.25) is 0 Å². The number of carbonyl (C=O) groups excluding carboxylic acids is 2. The second-order valence-electron chi connectivity index (χ2n) is 5.86. The quantitative estimate of drug-likeness (QED) is 0.552. The van der Waals surface area contributed by atoms with E-state index in [4.69, 9.17) is 10.5 Å². The molecule has 23 heavy (non-hydrogen) atoms. The minimum absolute atomic E-state index is 0.0164. The Hall–Kier alpha value is -2.64. The molecule has 0 spiro atoms. The zero-order valence-electron chi connectivity index (χ0n) is 13.4. The van der Waals surface area contributed by atoms with Crippen LogP contribution < -0.4 is 15.8 Å². The first-order valence-corrected chi connectivity index (χ1v) is 7.13. The maximum Gasteiger partial charge on any atom is 0.310 e. The molecular formula is C15H21N3O5. The molecular weight excluding hydrogens is 302 g/mol. The van der Waals surface area contributed by atoms with E-state index in [1.807, 2.05) is 13.8 Å². The van der Waals surface area contributed by atoms with E-state index in [2.05, 4.69) is 5.32 Å². The van der Waals surface area contributed by atoms with Gasteiger partial charge < -0.3 is 15.8 Å². The number of rotatable bonds is 8. The number of nitrogens with one attached hydrogen (secondary N) is 1. The van der Waals surface area contributed by atoms with Crippen LogP contribution >= 0.6 is 0 Å². The number of primary amides is 1. The molecule has 8 nitrogen and oxygen atoms in total. The van der Waals surface area contributed by atoms with Gasteiger partial charge in [0.15, 0.2) is 12.4 Å². The van der Waals surface area contributed by atoms with Gasteiger partial charge in [-0.25, -0.2) is 0 Å². The van der Waals surface area contributed by atoms with Crippen molar-refractivity contribution in [1.29, 1.82) is 0 Å². The number of nitro benzene ring substituents is 1. The lowest BCUT2D eigenvalue weighted by Gasteiger charge is -2.29. The van der Waals surface area contributed by atoms with Crippen LogP contribution in [0.3, 0.4) is 0 Å². The fraction of sp³-hybridized carbons (Fsp3) is 0.467. The highest BCUT2D eigenvalue weighted by Crippen LogP contribution is 2.25. The molecule has 0 bridgehead atoms. The predicted octanol–water partition coefficient (Wildman–Crippen LogP) is 1.38. The van der Waals surface area contributed by atoms with Crippen molar-refractivity contribution in [2.24, 2.45) is 11.7 Å². The number of hydrogen-bond donors (Lipinski definition) is 2. The van der Waals surface area contributed by atoms with Crippen LogP contribution in [-0.2, 0) is 9.59 Å². The van der Waals surface area contributed by atoms with E-state index in [0.29, 0.717) is 6.42 Å². The molecule has 1 aromatic rings. The van der Waals surface area contributed by atoms with Gasteiger partial charge in [-0.3, -0.25) is 19.7 Å². The van der Waals surface area contributed by atoms with E-state index in [1.54, 1.807) is 6.07 Å². The van der Waals surface area contributed by atoms with Crippen LogP contribution in [0.4, 0.5) is 5.69 Å². The van der Waals surface area contributed by atoms with Gasteiger partial charge in [-0.05, 0) is 25.3 Å². The molecule has 0 saturated carbocycles. The van der Waals surface area contributed by atoms with Gasteiger partial charge >= 0.3 is 5.69 Å². The number of nitro groups is 1. The third kappa shape index (κ3) is 5.24. The Morgan fingerprint density at radius 1 is 1.39 bits per heavy atom. The summed E-state index contributed by atoms with van der Waals surface area (Å²) in [4.78, 5) is 33.8. The molecule has 0 radical (unpaired) electrons. The summed E-state index contributed by atoms with van der Waals surface area (Å²) in [7, 11) is 0. The smallest absolute Gasteiger partial charge is 0.310 e. The fourth-order valence-corrected chi connectivity index (χ4v) is 2.25. The molecule has 0 aliphatic heterocycles. The van der Waals surface area contributed by atoms with E-state index >= 15 is 0 Å². The van der Waals surface area contributed by atoms with Gasteiger partial charge in [0, 0.05) is 6.07 Å². The molecule has 1 aromatic carbocycles. The van der Waals surface area contributed by atoms with Crippen LogP contribution in [0, 0.1) is 16.0 Å². The number of nitrogens with zero attached hydrogens (tertiary/aromatic N) is 1. The number of nitrogens with two attached hydrogens (primary N) is 1. The lowest BCUT2D eigenvalue weighted by Crippen LogP contribution is -2.57. The largest absolute Gasteiger partial charge is 0.477 e. The minimum Gasteiger partial charge on any atom is -0.477 e. The highest BCUT2D eigenvalue weighted by Gasteiger charge is 2.33. The highest BCUT2D eigenvalue weighted by atomic mass is 16.6. The average Bonchev–Trinajstić information content (AvgIpc) is 2.44. The monoisotopic (exact) mass is 323 g/mol. The third-order valence-electron chi connectivity index (χ3n) is 3.20. The number of hydrogen-bond acceptors (Lipinski definition) is 5. The van der Waals surface area contributed by atoms with Crippen LogP contribution in [-0.4, -0.2) is 28.9 Å². The summed E-state index contributed by atoms with van der Waals surface area (Å²) in [6, 6.07) is 5.73. The van der Waals surface area contributed by atoms with Gasteiger partial charge in [0.2, 0.25) is 5.91 Å². The molecule has 126 valence electrons. The lowest BCUT2D eigenvalue weighted by molar-refractivity contribution is -0.385. The topological polar surface area (TPSA) is 125 Å². The Bertz CT molecular complexity index is 603. The Balaban J connectivity index is 2.74. The second-order valence-corrected chi connectivity index (χ2v) is 5.86. The molecule has 2 amide bonds.